The summed E-state index contributed by atoms with van der Waals surface area (Å²) in [6.45, 7) is 0. The van der Waals surface area contributed by atoms with Crippen LogP contribution in [-0.2, 0) is 9.59 Å². The smallest absolute Gasteiger partial charge is 0.203 e. The lowest BCUT2D eigenvalue weighted by Gasteiger charge is -2.18. The van der Waals surface area contributed by atoms with Crippen LogP contribution in [0.15, 0.2) is 64.7 Å². The summed E-state index contributed by atoms with van der Waals surface area (Å²) in [6, 6.07) is 0. The van der Waals surface area contributed by atoms with Gasteiger partial charge in [0.1, 0.15) is 16.5 Å². The number of ketones is 2. The number of carbonyl (C=O) groups is 2. The number of aromatic nitrogens is 2. The SMILES string of the molecule is Nc1nnc(/C=C/C2=C(O)C(=C\C=C3\C=CC(=O)C=C3O)/C2=O)s1. The van der Waals surface area contributed by atoms with Crippen molar-refractivity contribution in [2.75, 3.05) is 5.73 Å². The average Bonchev–Trinajstić information content (AvgIpc) is 2.95. The zero-order chi connectivity index (χ0) is 17.3. The van der Waals surface area contributed by atoms with Gasteiger partial charge in [-0.05, 0) is 30.4 Å². The highest BCUT2D eigenvalue weighted by Crippen LogP contribution is 2.30. The van der Waals surface area contributed by atoms with Crippen molar-refractivity contribution in [1.29, 1.82) is 0 Å². The average molecular weight is 341 g/mol. The normalized spacial score (nSPS) is 21.1. The van der Waals surface area contributed by atoms with Gasteiger partial charge in [0.05, 0.1) is 11.1 Å². The number of anilines is 1. The molecule has 1 heterocycles. The number of Topliss-reactive ketones (excluding diaryl/α,β-unsaturated/α-hetero) is 1. The van der Waals surface area contributed by atoms with Crippen LogP contribution in [0.5, 0.6) is 0 Å². The first-order valence-electron chi connectivity index (χ1n) is 6.76. The van der Waals surface area contributed by atoms with Crippen LogP contribution < -0.4 is 5.73 Å². The molecule has 4 N–H and O–H groups in total. The van der Waals surface area contributed by atoms with Crippen molar-refractivity contribution in [3.05, 3.63) is 69.7 Å². The number of nitrogens with two attached hydrogens (primary N) is 1. The van der Waals surface area contributed by atoms with Crippen molar-refractivity contribution in [3.63, 3.8) is 0 Å². The molecule has 2 aliphatic rings. The van der Waals surface area contributed by atoms with Gasteiger partial charge in [0, 0.05) is 11.6 Å². The van der Waals surface area contributed by atoms with Crippen LogP contribution >= 0.6 is 11.3 Å². The summed E-state index contributed by atoms with van der Waals surface area (Å²) in [4.78, 5) is 23.1. The van der Waals surface area contributed by atoms with Crippen LogP contribution in [0.4, 0.5) is 5.13 Å². The summed E-state index contributed by atoms with van der Waals surface area (Å²) in [5, 5.41) is 27.8. The number of rotatable bonds is 3. The van der Waals surface area contributed by atoms with E-state index in [2.05, 4.69) is 10.2 Å². The second-order valence-electron chi connectivity index (χ2n) is 4.87. The Hall–Kier alpha value is -3.26. The van der Waals surface area contributed by atoms with Gasteiger partial charge in [-0.3, -0.25) is 9.59 Å². The Balaban J connectivity index is 1.80. The number of aliphatic hydroxyl groups excluding tert-OH is 2. The number of aliphatic hydroxyl groups is 2. The molecule has 0 unspecified atom stereocenters. The third-order valence-electron chi connectivity index (χ3n) is 3.28. The van der Waals surface area contributed by atoms with Gasteiger partial charge >= 0.3 is 0 Å². The van der Waals surface area contributed by atoms with Crippen molar-refractivity contribution in [3.8, 4) is 0 Å². The molecular formula is C16H11N3O4S. The highest BCUT2D eigenvalue weighted by atomic mass is 32.1. The molecule has 0 saturated carbocycles. The number of nitrogens with zero attached hydrogens (tertiary/aromatic N) is 2. The van der Waals surface area contributed by atoms with E-state index in [0.29, 0.717) is 15.7 Å². The fourth-order valence-corrected chi connectivity index (χ4v) is 2.57. The Morgan fingerprint density at radius 3 is 2.50 bits per heavy atom. The van der Waals surface area contributed by atoms with Crippen LogP contribution in [0.1, 0.15) is 5.01 Å². The zero-order valence-corrected chi connectivity index (χ0v) is 12.9. The largest absolute Gasteiger partial charge is 0.507 e. The third kappa shape index (κ3) is 2.95. The summed E-state index contributed by atoms with van der Waals surface area (Å²) in [5.41, 5.74) is 6.10. The molecule has 0 aromatic carbocycles. The van der Waals surface area contributed by atoms with Crippen molar-refractivity contribution >= 4 is 34.1 Å². The van der Waals surface area contributed by atoms with Crippen LogP contribution in [0.25, 0.3) is 6.08 Å². The molecule has 0 saturated heterocycles. The molecule has 1 aromatic heterocycles. The number of carbonyl (C=O) groups excluding carboxylic acids is 2. The van der Waals surface area contributed by atoms with E-state index in [-0.39, 0.29) is 34.2 Å². The first kappa shape index (κ1) is 15.6. The maximum absolute atomic E-state index is 12.0. The van der Waals surface area contributed by atoms with E-state index in [0.717, 1.165) is 17.4 Å². The van der Waals surface area contributed by atoms with E-state index in [4.69, 9.17) is 5.73 Å². The van der Waals surface area contributed by atoms with Crippen LogP contribution in [0.2, 0.25) is 0 Å². The molecule has 24 heavy (non-hydrogen) atoms. The third-order valence-corrected chi connectivity index (χ3v) is 4.00. The highest BCUT2D eigenvalue weighted by molar-refractivity contribution is 7.15. The van der Waals surface area contributed by atoms with E-state index >= 15 is 0 Å². The molecule has 0 radical (unpaired) electrons. The molecule has 7 nitrogen and oxygen atoms in total. The van der Waals surface area contributed by atoms with Gasteiger partial charge in [0.15, 0.2) is 5.78 Å². The minimum Gasteiger partial charge on any atom is -0.507 e. The molecule has 0 amide bonds. The number of allylic oxidation sites excluding steroid dienone is 8. The molecule has 0 bridgehead atoms. The Labute approximate surface area is 140 Å². The fraction of sp³-hybridized carbons (Fsp3) is 0. The van der Waals surface area contributed by atoms with Crippen LogP contribution in [0, 0.1) is 0 Å². The zero-order valence-electron chi connectivity index (χ0n) is 12.1. The Kier molecular flexibility index (Phi) is 3.97. The second kappa shape index (κ2) is 6.09. The predicted octanol–water partition coefficient (Wildman–Crippen LogP) is 1.96. The molecular weight excluding hydrogens is 330 g/mol. The molecule has 3 rings (SSSR count). The maximum Gasteiger partial charge on any atom is 0.203 e. The van der Waals surface area contributed by atoms with Crippen LogP contribution in [0.3, 0.4) is 0 Å². The molecule has 1 aromatic rings. The molecule has 120 valence electrons. The van der Waals surface area contributed by atoms with Crippen molar-refractivity contribution in [1.82, 2.24) is 10.2 Å². The lowest BCUT2D eigenvalue weighted by atomic mass is 9.87. The fourth-order valence-electron chi connectivity index (χ4n) is 2.06. The van der Waals surface area contributed by atoms with E-state index in [1.165, 1.54) is 36.5 Å². The molecule has 8 heteroatoms. The predicted molar refractivity (Wildman–Crippen MR) is 89.0 cm³/mol. The Morgan fingerprint density at radius 1 is 1.08 bits per heavy atom. The van der Waals surface area contributed by atoms with Crippen molar-refractivity contribution in [2.24, 2.45) is 0 Å². The summed E-state index contributed by atoms with van der Waals surface area (Å²) in [7, 11) is 0. The summed E-state index contributed by atoms with van der Waals surface area (Å²) < 4.78 is 0. The Morgan fingerprint density at radius 2 is 1.88 bits per heavy atom. The van der Waals surface area contributed by atoms with Crippen molar-refractivity contribution < 1.29 is 19.8 Å². The monoisotopic (exact) mass is 341 g/mol. The lowest BCUT2D eigenvalue weighted by Crippen LogP contribution is -2.20. The van der Waals surface area contributed by atoms with E-state index in [1.54, 1.807) is 0 Å². The summed E-state index contributed by atoms with van der Waals surface area (Å²) in [6.07, 6.45) is 9.62. The molecule has 2 aliphatic carbocycles. The van der Waals surface area contributed by atoms with E-state index < -0.39 is 0 Å². The van der Waals surface area contributed by atoms with Gasteiger partial charge in [-0.25, -0.2) is 0 Å². The van der Waals surface area contributed by atoms with Crippen LogP contribution in [-0.4, -0.2) is 32.0 Å². The summed E-state index contributed by atoms with van der Waals surface area (Å²) >= 11 is 1.16. The lowest BCUT2D eigenvalue weighted by molar-refractivity contribution is -0.113. The van der Waals surface area contributed by atoms with Gasteiger partial charge in [-0.15, -0.1) is 10.2 Å². The first-order valence-corrected chi connectivity index (χ1v) is 7.58. The first-order chi connectivity index (χ1) is 11.5. The molecule has 0 aliphatic heterocycles. The highest BCUT2D eigenvalue weighted by Gasteiger charge is 2.31. The van der Waals surface area contributed by atoms with Gasteiger partial charge in [0.2, 0.25) is 10.9 Å². The van der Waals surface area contributed by atoms with E-state index in [1.807, 2.05) is 0 Å². The maximum atomic E-state index is 12.0. The Bertz CT molecular complexity index is 929. The number of nitrogen functional groups attached to an aromatic ring is 1. The van der Waals surface area contributed by atoms with Gasteiger partial charge in [0.25, 0.3) is 0 Å². The standard InChI is InChI=1S/C16H11N3O4S/c17-16-19-18-13(24-16)6-5-11-14(22)10(15(11)23)4-2-8-1-3-9(20)7-12(8)21/h1-7,21-22H,(H2,17,19)/b6-5+,8-2-,10-4+. The summed E-state index contributed by atoms with van der Waals surface area (Å²) in [5.74, 6) is -0.990. The quantitative estimate of drug-likeness (QED) is 0.717. The molecule has 0 fully saturated rings. The number of hydrogen-bond donors (Lipinski definition) is 3. The number of hydrogen-bond acceptors (Lipinski definition) is 8. The van der Waals surface area contributed by atoms with Gasteiger partial charge in [-0.2, -0.15) is 0 Å². The van der Waals surface area contributed by atoms with Crippen molar-refractivity contribution in [2.45, 2.75) is 0 Å². The second-order valence-corrected chi connectivity index (χ2v) is 5.91. The minimum absolute atomic E-state index is 0.122. The molecule has 0 atom stereocenters. The minimum atomic E-state index is -0.336. The van der Waals surface area contributed by atoms with Gasteiger partial charge < -0.3 is 15.9 Å². The van der Waals surface area contributed by atoms with E-state index in [9.17, 15) is 19.8 Å². The van der Waals surface area contributed by atoms with Gasteiger partial charge in [-0.1, -0.05) is 17.4 Å². The topological polar surface area (TPSA) is 126 Å². The molecule has 0 spiro atoms.